The van der Waals surface area contributed by atoms with Gasteiger partial charge in [-0.1, -0.05) is 66.7 Å². The molecule has 0 spiro atoms. The Kier molecular flexibility index (Phi) is 5.06. The summed E-state index contributed by atoms with van der Waals surface area (Å²) in [6, 6.07) is 28.9. The minimum atomic E-state index is -0.284. The molecule has 5 aromatic rings. The van der Waals surface area contributed by atoms with E-state index in [0.717, 1.165) is 28.2 Å². The van der Waals surface area contributed by atoms with Crippen LogP contribution in [-0.4, -0.2) is 15.0 Å². The fraction of sp³-hybridized carbons (Fsp3) is 0.0769. The number of hydrogen-bond donors (Lipinski definition) is 1. The maximum absolute atomic E-state index is 6.30. The van der Waals surface area contributed by atoms with Crippen LogP contribution in [0.3, 0.4) is 0 Å². The molecule has 5 rings (SSSR count). The molecule has 1 atom stereocenters. The number of nitrogens with one attached hydrogen (secondary N) is 1. The van der Waals surface area contributed by atoms with E-state index >= 15 is 0 Å². The largest absolute Gasteiger partial charge is 0.361 e. The summed E-state index contributed by atoms with van der Waals surface area (Å²) in [5.41, 5.74) is 4.22. The van der Waals surface area contributed by atoms with E-state index in [2.05, 4.69) is 69.5 Å². The molecule has 1 unspecified atom stereocenters. The van der Waals surface area contributed by atoms with E-state index in [-0.39, 0.29) is 6.10 Å². The third-order valence-electron chi connectivity index (χ3n) is 5.17. The van der Waals surface area contributed by atoms with Gasteiger partial charge in [0.25, 0.3) is 0 Å². The molecule has 2 aromatic heterocycles. The van der Waals surface area contributed by atoms with Crippen LogP contribution in [0.25, 0.3) is 22.0 Å². The van der Waals surface area contributed by atoms with Gasteiger partial charge in [-0.3, -0.25) is 4.98 Å². The van der Waals surface area contributed by atoms with E-state index in [1.54, 1.807) is 12.4 Å². The Morgan fingerprint density at radius 1 is 0.800 bits per heavy atom. The lowest BCUT2D eigenvalue weighted by atomic mass is 10.1. The van der Waals surface area contributed by atoms with E-state index in [1.807, 2.05) is 36.5 Å². The standard InChI is InChI=1S/C26H21N3O/c1-2-7-21(8-3-1)25(30-18-19-12-14-27-15-13-19)26-28-17-24(29-26)23-11-10-20-6-4-5-9-22(20)16-23/h1-17,25H,18H2,(H,28,29). The van der Waals surface area contributed by atoms with Crippen LogP contribution >= 0.6 is 0 Å². The number of imidazole rings is 1. The van der Waals surface area contributed by atoms with Gasteiger partial charge in [0, 0.05) is 18.0 Å². The molecule has 146 valence electrons. The summed E-state index contributed by atoms with van der Waals surface area (Å²) in [5, 5.41) is 2.43. The minimum Gasteiger partial charge on any atom is -0.361 e. The summed E-state index contributed by atoms with van der Waals surface area (Å²) in [5.74, 6) is 0.790. The van der Waals surface area contributed by atoms with Crippen LogP contribution < -0.4 is 0 Å². The van der Waals surface area contributed by atoms with Gasteiger partial charge in [-0.05, 0) is 40.1 Å². The number of pyridine rings is 1. The number of fused-ring (bicyclic) bond motifs is 1. The topological polar surface area (TPSA) is 50.8 Å². The molecule has 4 nitrogen and oxygen atoms in total. The molecule has 4 heteroatoms. The fourth-order valence-corrected chi connectivity index (χ4v) is 3.59. The van der Waals surface area contributed by atoms with E-state index in [4.69, 9.17) is 4.74 Å². The smallest absolute Gasteiger partial charge is 0.140 e. The van der Waals surface area contributed by atoms with Gasteiger partial charge in [-0.2, -0.15) is 0 Å². The first-order valence-electron chi connectivity index (χ1n) is 9.96. The van der Waals surface area contributed by atoms with Gasteiger partial charge in [0.15, 0.2) is 0 Å². The maximum atomic E-state index is 6.30. The number of nitrogens with zero attached hydrogens (tertiary/aromatic N) is 2. The second kappa shape index (κ2) is 8.31. The van der Waals surface area contributed by atoms with E-state index in [0.29, 0.717) is 6.61 Å². The molecule has 0 bridgehead atoms. The van der Waals surface area contributed by atoms with Crippen LogP contribution in [0.5, 0.6) is 0 Å². The van der Waals surface area contributed by atoms with Crippen molar-refractivity contribution >= 4 is 10.8 Å². The van der Waals surface area contributed by atoms with Crippen molar-refractivity contribution in [2.24, 2.45) is 0 Å². The Balaban J connectivity index is 1.46. The predicted octanol–water partition coefficient (Wildman–Crippen LogP) is 5.93. The normalized spacial score (nSPS) is 12.1. The molecular weight excluding hydrogens is 370 g/mol. The Morgan fingerprint density at radius 2 is 1.57 bits per heavy atom. The zero-order valence-corrected chi connectivity index (χ0v) is 16.4. The minimum absolute atomic E-state index is 0.284. The van der Waals surface area contributed by atoms with Gasteiger partial charge < -0.3 is 9.72 Å². The molecule has 0 fully saturated rings. The highest BCUT2D eigenvalue weighted by molar-refractivity contribution is 5.86. The summed E-state index contributed by atoms with van der Waals surface area (Å²) in [4.78, 5) is 12.2. The van der Waals surface area contributed by atoms with Crippen LogP contribution in [0.1, 0.15) is 23.1 Å². The molecule has 0 radical (unpaired) electrons. The van der Waals surface area contributed by atoms with Crippen molar-refractivity contribution < 1.29 is 4.74 Å². The first-order valence-corrected chi connectivity index (χ1v) is 9.96. The number of hydrogen-bond acceptors (Lipinski definition) is 3. The molecular formula is C26H21N3O. The quantitative estimate of drug-likeness (QED) is 0.390. The van der Waals surface area contributed by atoms with E-state index in [9.17, 15) is 0 Å². The highest BCUT2D eigenvalue weighted by Crippen LogP contribution is 2.28. The molecule has 0 saturated carbocycles. The van der Waals surface area contributed by atoms with Crippen molar-refractivity contribution in [3.63, 3.8) is 0 Å². The van der Waals surface area contributed by atoms with Crippen molar-refractivity contribution in [1.82, 2.24) is 15.0 Å². The second-order valence-corrected chi connectivity index (χ2v) is 7.20. The molecule has 0 aliphatic rings. The number of aromatic nitrogens is 3. The molecule has 1 N–H and O–H groups in total. The van der Waals surface area contributed by atoms with Crippen LogP contribution in [0.4, 0.5) is 0 Å². The second-order valence-electron chi connectivity index (χ2n) is 7.20. The average Bonchev–Trinajstić information content (AvgIpc) is 3.30. The Hall–Kier alpha value is -3.76. The third-order valence-corrected chi connectivity index (χ3v) is 5.17. The van der Waals surface area contributed by atoms with E-state index < -0.39 is 0 Å². The summed E-state index contributed by atoms with van der Waals surface area (Å²) in [6.07, 6.45) is 5.15. The number of ether oxygens (including phenoxy) is 1. The highest BCUT2D eigenvalue weighted by Gasteiger charge is 2.19. The van der Waals surface area contributed by atoms with E-state index in [1.165, 1.54) is 10.8 Å². The van der Waals surface area contributed by atoms with Gasteiger partial charge in [-0.15, -0.1) is 0 Å². The first-order chi connectivity index (χ1) is 14.9. The molecule has 2 heterocycles. The van der Waals surface area contributed by atoms with Crippen LogP contribution in [0.15, 0.2) is 104 Å². The maximum Gasteiger partial charge on any atom is 0.140 e. The van der Waals surface area contributed by atoms with Gasteiger partial charge >= 0.3 is 0 Å². The Labute approximate surface area is 175 Å². The lowest BCUT2D eigenvalue weighted by Crippen LogP contribution is -2.08. The van der Waals surface area contributed by atoms with Gasteiger partial charge in [0.05, 0.1) is 18.5 Å². The molecule has 0 amide bonds. The SMILES string of the molecule is c1ccc(C(OCc2ccncc2)c2ncc(-c3ccc4ccccc4c3)[nH]2)cc1. The zero-order valence-electron chi connectivity index (χ0n) is 16.4. The molecule has 0 aliphatic heterocycles. The van der Waals surface area contributed by atoms with Crippen molar-refractivity contribution in [3.05, 3.63) is 120 Å². The Morgan fingerprint density at radius 3 is 2.40 bits per heavy atom. The highest BCUT2D eigenvalue weighted by atomic mass is 16.5. The van der Waals surface area contributed by atoms with Crippen LogP contribution in [0.2, 0.25) is 0 Å². The predicted molar refractivity (Wildman–Crippen MR) is 119 cm³/mol. The number of rotatable bonds is 6. The number of H-pyrrole nitrogens is 1. The average molecular weight is 391 g/mol. The molecule has 0 saturated heterocycles. The molecule has 30 heavy (non-hydrogen) atoms. The number of aromatic amines is 1. The molecule has 3 aromatic carbocycles. The number of benzene rings is 3. The summed E-state index contributed by atoms with van der Waals surface area (Å²) < 4.78 is 6.30. The first kappa shape index (κ1) is 18.3. The lowest BCUT2D eigenvalue weighted by molar-refractivity contribution is 0.0616. The summed E-state index contributed by atoms with van der Waals surface area (Å²) in [7, 11) is 0. The van der Waals surface area contributed by atoms with Gasteiger partial charge in [0.1, 0.15) is 11.9 Å². The summed E-state index contributed by atoms with van der Waals surface area (Å²) in [6.45, 7) is 0.480. The van der Waals surface area contributed by atoms with Crippen molar-refractivity contribution in [1.29, 1.82) is 0 Å². The van der Waals surface area contributed by atoms with Gasteiger partial charge in [-0.25, -0.2) is 4.98 Å². The van der Waals surface area contributed by atoms with Gasteiger partial charge in [0.2, 0.25) is 0 Å². The Bertz CT molecular complexity index is 1250. The fourth-order valence-electron chi connectivity index (χ4n) is 3.59. The molecule has 0 aliphatic carbocycles. The van der Waals surface area contributed by atoms with Crippen molar-refractivity contribution in [3.8, 4) is 11.3 Å². The lowest BCUT2D eigenvalue weighted by Gasteiger charge is -2.16. The monoisotopic (exact) mass is 391 g/mol. The third kappa shape index (κ3) is 3.86. The van der Waals surface area contributed by atoms with Crippen LogP contribution in [0, 0.1) is 0 Å². The van der Waals surface area contributed by atoms with Crippen molar-refractivity contribution in [2.75, 3.05) is 0 Å². The zero-order chi connectivity index (χ0) is 20.2. The van der Waals surface area contributed by atoms with Crippen molar-refractivity contribution in [2.45, 2.75) is 12.7 Å². The summed E-state index contributed by atoms with van der Waals surface area (Å²) >= 11 is 0. The van der Waals surface area contributed by atoms with Crippen LogP contribution in [-0.2, 0) is 11.3 Å².